The number of nitrogens with one attached hydrogen (secondary N) is 1. The fourth-order valence-electron chi connectivity index (χ4n) is 0.214. The highest BCUT2D eigenvalue weighted by Gasteiger charge is 1.61. The largest absolute Gasteiger partial charge is 0.391 e. The van der Waals surface area contributed by atoms with Gasteiger partial charge in [-0.25, -0.2) is 0 Å². The summed E-state index contributed by atoms with van der Waals surface area (Å²) in [5.41, 5.74) is 0. The Morgan fingerprint density at radius 2 is 2.57 bits per heavy atom. The van der Waals surface area contributed by atoms with Crippen molar-refractivity contribution in [3.05, 3.63) is 12.3 Å². The molecular formula is C5H8N2. The van der Waals surface area contributed by atoms with Crippen molar-refractivity contribution >= 4 is 0 Å². The van der Waals surface area contributed by atoms with Crippen LogP contribution in [0.25, 0.3) is 0 Å². The first-order valence-electron chi connectivity index (χ1n) is 2.19. The van der Waals surface area contributed by atoms with Gasteiger partial charge in [-0.05, 0) is 6.92 Å². The van der Waals surface area contributed by atoms with Gasteiger partial charge in [0.05, 0.1) is 6.07 Å². The van der Waals surface area contributed by atoms with E-state index < -0.39 is 0 Å². The summed E-state index contributed by atoms with van der Waals surface area (Å²) in [6.45, 7) is 2.85. The highest BCUT2D eigenvalue weighted by molar-refractivity contribution is 4.99. The first-order chi connectivity index (χ1) is 3.41. The van der Waals surface area contributed by atoms with Crippen LogP contribution in [-0.4, -0.2) is 6.54 Å². The Morgan fingerprint density at radius 3 is 3.00 bits per heavy atom. The van der Waals surface area contributed by atoms with Crippen molar-refractivity contribution in [3.63, 3.8) is 0 Å². The zero-order valence-corrected chi connectivity index (χ0v) is 4.31. The predicted molar refractivity (Wildman–Crippen MR) is 28.4 cm³/mol. The van der Waals surface area contributed by atoms with E-state index in [9.17, 15) is 0 Å². The second-order valence-corrected chi connectivity index (χ2v) is 1.02. The molecule has 2 nitrogen and oxygen atoms in total. The zero-order chi connectivity index (χ0) is 5.54. The third kappa shape index (κ3) is 5.03. The van der Waals surface area contributed by atoms with Crippen LogP contribution in [0.1, 0.15) is 6.92 Å². The van der Waals surface area contributed by atoms with Crippen LogP contribution < -0.4 is 5.32 Å². The molecule has 0 spiro atoms. The predicted octanol–water partition coefficient (Wildman–Crippen LogP) is 0.633. The van der Waals surface area contributed by atoms with Gasteiger partial charge in [-0.1, -0.05) is 0 Å². The lowest BCUT2D eigenvalue weighted by Gasteiger charge is -1.84. The SMILES string of the molecule is CCN/C=C\C#N. The van der Waals surface area contributed by atoms with Crippen LogP contribution in [0.3, 0.4) is 0 Å². The fourth-order valence-corrected chi connectivity index (χ4v) is 0.214. The molecule has 0 saturated carbocycles. The maximum atomic E-state index is 7.92. The smallest absolute Gasteiger partial charge is 0.0927 e. The minimum atomic E-state index is 0.873. The molecule has 7 heavy (non-hydrogen) atoms. The standard InChI is InChI=1S/C5H8N2/c1-2-7-5-3-4-6/h3,5,7H,2H2,1H3/b5-3-. The topological polar surface area (TPSA) is 35.8 Å². The summed E-state index contributed by atoms with van der Waals surface area (Å²) in [5.74, 6) is 0. The molecule has 0 aliphatic carbocycles. The Balaban J connectivity index is 2.97. The van der Waals surface area contributed by atoms with Crippen molar-refractivity contribution in [1.82, 2.24) is 5.32 Å². The van der Waals surface area contributed by atoms with Gasteiger partial charge in [0.2, 0.25) is 0 Å². The van der Waals surface area contributed by atoms with Crippen LogP contribution in [0.15, 0.2) is 12.3 Å². The highest BCUT2D eigenvalue weighted by Crippen LogP contribution is 1.59. The van der Waals surface area contributed by atoms with Gasteiger partial charge in [-0.2, -0.15) is 5.26 Å². The van der Waals surface area contributed by atoms with Crippen molar-refractivity contribution in [3.8, 4) is 6.07 Å². The molecule has 0 atom stereocenters. The number of nitrogens with zero attached hydrogens (tertiary/aromatic N) is 1. The number of rotatable bonds is 2. The summed E-state index contributed by atoms with van der Waals surface area (Å²) in [7, 11) is 0. The molecule has 0 aliphatic rings. The Morgan fingerprint density at radius 1 is 1.86 bits per heavy atom. The van der Waals surface area contributed by atoms with E-state index in [0.29, 0.717) is 0 Å². The molecular weight excluding hydrogens is 88.1 g/mol. The van der Waals surface area contributed by atoms with E-state index in [1.807, 2.05) is 13.0 Å². The van der Waals surface area contributed by atoms with Gasteiger partial charge < -0.3 is 5.32 Å². The molecule has 0 aliphatic heterocycles. The number of hydrogen-bond donors (Lipinski definition) is 1. The molecule has 0 amide bonds. The molecule has 0 saturated heterocycles. The van der Waals surface area contributed by atoms with Crippen LogP contribution in [0.2, 0.25) is 0 Å². The number of allylic oxidation sites excluding steroid dienone is 1. The number of nitriles is 1. The zero-order valence-electron chi connectivity index (χ0n) is 4.31. The van der Waals surface area contributed by atoms with Gasteiger partial charge in [0.1, 0.15) is 0 Å². The van der Waals surface area contributed by atoms with Crippen LogP contribution in [-0.2, 0) is 0 Å². The average Bonchev–Trinajstić information content (AvgIpc) is 1.69. The molecule has 2 heteroatoms. The first-order valence-corrected chi connectivity index (χ1v) is 2.19. The lowest BCUT2D eigenvalue weighted by molar-refractivity contribution is 0.920. The molecule has 1 N–H and O–H groups in total. The minimum Gasteiger partial charge on any atom is -0.391 e. The maximum absolute atomic E-state index is 7.92. The minimum absolute atomic E-state index is 0.873. The molecule has 0 aromatic carbocycles. The lowest BCUT2D eigenvalue weighted by Crippen LogP contribution is -2.00. The summed E-state index contributed by atoms with van der Waals surface area (Å²) < 4.78 is 0. The quantitative estimate of drug-likeness (QED) is 0.512. The normalized spacial score (nSPS) is 8.57. The van der Waals surface area contributed by atoms with E-state index in [1.54, 1.807) is 6.20 Å². The van der Waals surface area contributed by atoms with E-state index in [2.05, 4.69) is 5.32 Å². The van der Waals surface area contributed by atoms with Crippen molar-refractivity contribution in [2.45, 2.75) is 6.92 Å². The van der Waals surface area contributed by atoms with Crippen molar-refractivity contribution < 1.29 is 0 Å². The van der Waals surface area contributed by atoms with E-state index >= 15 is 0 Å². The van der Waals surface area contributed by atoms with Crippen molar-refractivity contribution in [2.24, 2.45) is 0 Å². The first kappa shape index (κ1) is 6.03. The van der Waals surface area contributed by atoms with Gasteiger partial charge in [-0.15, -0.1) is 0 Å². The lowest BCUT2D eigenvalue weighted by atomic mass is 10.6. The van der Waals surface area contributed by atoms with Crippen LogP contribution in [0.4, 0.5) is 0 Å². The molecule has 0 unspecified atom stereocenters. The van der Waals surface area contributed by atoms with Crippen molar-refractivity contribution in [2.75, 3.05) is 6.54 Å². The molecule has 0 rings (SSSR count). The summed E-state index contributed by atoms with van der Waals surface area (Å²) in [6, 6.07) is 1.86. The molecule has 38 valence electrons. The second-order valence-electron chi connectivity index (χ2n) is 1.02. The summed E-state index contributed by atoms with van der Waals surface area (Å²) in [5, 5.41) is 10.8. The molecule has 0 radical (unpaired) electrons. The van der Waals surface area contributed by atoms with E-state index in [4.69, 9.17) is 5.26 Å². The Kier molecular flexibility index (Phi) is 4.33. The van der Waals surface area contributed by atoms with Gasteiger partial charge >= 0.3 is 0 Å². The Bertz CT molecular complexity index is 88.7. The summed E-state index contributed by atoms with van der Waals surface area (Å²) >= 11 is 0. The Hall–Kier alpha value is -0.970. The third-order valence-corrected chi connectivity index (χ3v) is 0.480. The van der Waals surface area contributed by atoms with Gasteiger partial charge in [0, 0.05) is 18.8 Å². The van der Waals surface area contributed by atoms with Crippen LogP contribution >= 0.6 is 0 Å². The van der Waals surface area contributed by atoms with Gasteiger partial charge in [-0.3, -0.25) is 0 Å². The third-order valence-electron chi connectivity index (χ3n) is 0.480. The molecule has 0 aromatic heterocycles. The van der Waals surface area contributed by atoms with Crippen LogP contribution in [0.5, 0.6) is 0 Å². The fraction of sp³-hybridized carbons (Fsp3) is 0.400. The molecule has 0 bridgehead atoms. The maximum Gasteiger partial charge on any atom is 0.0927 e. The average molecular weight is 96.1 g/mol. The summed E-state index contributed by atoms with van der Waals surface area (Å²) in [4.78, 5) is 0. The van der Waals surface area contributed by atoms with Crippen LogP contribution in [0, 0.1) is 11.3 Å². The molecule has 0 aromatic rings. The van der Waals surface area contributed by atoms with E-state index in [1.165, 1.54) is 6.08 Å². The monoisotopic (exact) mass is 96.1 g/mol. The van der Waals surface area contributed by atoms with Gasteiger partial charge in [0.15, 0.2) is 0 Å². The summed E-state index contributed by atoms with van der Waals surface area (Å²) in [6.07, 6.45) is 3.03. The van der Waals surface area contributed by atoms with E-state index in [-0.39, 0.29) is 0 Å². The van der Waals surface area contributed by atoms with Gasteiger partial charge in [0.25, 0.3) is 0 Å². The van der Waals surface area contributed by atoms with E-state index in [0.717, 1.165) is 6.54 Å². The number of hydrogen-bond acceptors (Lipinski definition) is 2. The highest BCUT2D eigenvalue weighted by atomic mass is 14.8. The Labute approximate surface area is 43.5 Å². The second kappa shape index (κ2) is 5.03. The molecule has 0 fully saturated rings. The van der Waals surface area contributed by atoms with Crippen molar-refractivity contribution in [1.29, 1.82) is 5.26 Å². The molecule has 0 heterocycles.